The van der Waals surface area contributed by atoms with E-state index in [1.807, 2.05) is 0 Å². The monoisotopic (exact) mass is 484 g/mol. The quantitative estimate of drug-likeness (QED) is 0.249. The van der Waals surface area contributed by atoms with Gasteiger partial charge in [0.2, 0.25) is 0 Å². The summed E-state index contributed by atoms with van der Waals surface area (Å²) in [7, 11) is 0. The molecule has 6 heteroatoms. The van der Waals surface area contributed by atoms with Gasteiger partial charge in [0.05, 0.1) is 0 Å². The molecule has 5 rings (SSSR count). The van der Waals surface area contributed by atoms with E-state index in [9.17, 15) is 8.78 Å². The average Bonchev–Trinajstić information content (AvgIpc) is 2.89. The van der Waals surface area contributed by atoms with Crippen molar-refractivity contribution >= 4 is 32.7 Å². The third kappa shape index (κ3) is 2.95. The predicted octanol–water partition coefficient (Wildman–Crippen LogP) is 9.06. The number of fused-ring (bicyclic) bond motifs is 2. The van der Waals surface area contributed by atoms with Crippen molar-refractivity contribution in [3.05, 3.63) is 94.0 Å². The van der Waals surface area contributed by atoms with E-state index >= 15 is 17.6 Å². The third-order valence-corrected chi connectivity index (χ3v) is 7.18. The highest BCUT2D eigenvalue weighted by Gasteiger charge is 2.80. The molecule has 0 spiro atoms. The van der Waals surface area contributed by atoms with Crippen LogP contribution in [0.3, 0.4) is 0 Å². The van der Waals surface area contributed by atoms with Crippen molar-refractivity contribution in [3.63, 3.8) is 0 Å². The molecule has 0 atom stereocenters. The highest BCUT2D eigenvalue weighted by Crippen LogP contribution is 2.66. The smallest absolute Gasteiger partial charge is 0.194 e. The molecule has 1 aliphatic rings. The Morgan fingerprint density at radius 2 is 0.857 bits per heavy atom. The SMILES string of the molecule is Cc1cc2ccccc2c(C)c1C1=C(c2c(C)cc3ccccc3c2C)C(F)(F)C(F)(F)C1(F)F. The molecule has 180 valence electrons. The molecule has 0 amide bonds. The molecule has 0 N–H and O–H groups in total. The first-order valence-corrected chi connectivity index (χ1v) is 11.2. The molecule has 0 radical (unpaired) electrons. The van der Waals surface area contributed by atoms with Crippen molar-refractivity contribution in [2.75, 3.05) is 0 Å². The van der Waals surface area contributed by atoms with Gasteiger partial charge >= 0.3 is 17.8 Å². The van der Waals surface area contributed by atoms with Crippen molar-refractivity contribution in [2.45, 2.75) is 45.5 Å². The van der Waals surface area contributed by atoms with Gasteiger partial charge in [0.15, 0.2) is 0 Å². The van der Waals surface area contributed by atoms with Gasteiger partial charge in [-0.05, 0) is 82.6 Å². The number of benzene rings is 4. The van der Waals surface area contributed by atoms with Crippen LogP contribution in [0.1, 0.15) is 33.4 Å². The van der Waals surface area contributed by atoms with E-state index in [-0.39, 0.29) is 33.4 Å². The third-order valence-electron chi connectivity index (χ3n) is 7.18. The summed E-state index contributed by atoms with van der Waals surface area (Å²) in [5, 5.41) is 2.51. The summed E-state index contributed by atoms with van der Waals surface area (Å²) in [6.45, 7) is 6.01. The molecule has 1 aliphatic carbocycles. The Balaban J connectivity index is 2.00. The van der Waals surface area contributed by atoms with E-state index in [0.717, 1.165) is 0 Å². The largest absolute Gasteiger partial charge is 0.380 e. The number of hydrogen-bond acceptors (Lipinski definition) is 0. The highest BCUT2D eigenvalue weighted by molar-refractivity contribution is 6.07. The Labute approximate surface area is 198 Å². The first-order valence-electron chi connectivity index (χ1n) is 11.2. The van der Waals surface area contributed by atoms with Crippen LogP contribution in [-0.2, 0) is 0 Å². The van der Waals surface area contributed by atoms with Gasteiger partial charge in [0, 0.05) is 11.1 Å². The number of hydrogen-bond donors (Lipinski definition) is 0. The second kappa shape index (κ2) is 7.36. The lowest BCUT2D eigenvalue weighted by molar-refractivity contribution is -0.254. The second-order valence-electron chi connectivity index (χ2n) is 9.30. The van der Waals surface area contributed by atoms with Crippen molar-refractivity contribution in [1.82, 2.24) is 0 Å². The van der Waals surface area contributed by atoms with Gasteiger partial charge in [-0.15, -0.1) is 0 Å². The Hall–Kier alpha value is -3.28. The van der Waals surface area contributed by atoms with Gasteiger partial charge in [-0.2, -0.15) is 26.3 Å². The van der Waals surface area contributed by atoms with Crippen molar-refractivity contribution in [2.24, 2.45) is 0 Å². The molecule has 0 saturated carbocycles. The molecule has 4 aromatic carbocycles. The van der Waals surface area contributed by atoms with E-state index in [0.29, 0.717) is 21.5 Å². The fourth-order valence-electron chi connectivity index (χ4n) is 5.56. The molecule has 0 unspecified atom stereocenters. The van der Waals surface area contributed by atoms with Gasteiger partial charge in [-0.1, -0.05) is 60.7 Å². The van der Waals surface area contributed by atoms with Crippen LogP contribution in [0.25, 0.3) is 32.7 Å². The minimum Gasteiger partial charge on any atom is -0.194 e. The molecule has 0 nitrogen and oxygen atoms in total. The molecular formula is C29H22F6. The minimum absolute atomic E-state index is 0.234. The lowest BCUT2D eigenvalue weighted by atomic mass is 9.83. The summed E-state index contributed by atoms with van der Waals surface area (Å²) in [4.78, 5) is 0. The first-order chi connectivity index (χ1) is 16.3. The lowest BCUT2D eigenvalue weighted by Crippen LogP contribution is -2.49. The molecule has 0 aliphatic heterocycles. The number of alkyl halides is 6. The Morgan fingerprint density at radius 1 is 0.514 bits per heavy atom. The zero-order valence-corrected chi connectivity index (χ0v) is 19.5. The Morgan fingerprint density at radius 3 is 1.23 bits per heavy atom. The lowest BCUT2D eigenvalue weighted by Gasteiger charge is -2.27. The molecule has 4 aromatic rings. The van der Waals surface area contributed by atoms with Crippen molar-refractivity contribution in [1.29, 1.82) is 0 Å². The number of aryl methyl sites for hydroxylation is 4. The number of allylic oxidation sites excluding steroid dienone is 2. The number of halogens is 6. The fraction of sp³-hybridized carbons (Fsp3) is 0.241. The standard InChI is InChI=1S/C29H22F6/c1-15-13-19-9-5-7-11-21(19)17(3)23(15)25-26(28(32,33)29(34,35)27(25,30)31)24-16(2)14-20-10-6-8-12-22(20)18(24)4/h5-14H,1-4H3. The molecule has 0 bridgehead atoms. The summed E-state index contributed by atoms with van der Waals surface area (Å²) in [6, 6.07) is 16.9. The van der Waals surface area contributed by atoms with Gasteiger partial charge in [0.1, 0.15) is 0 Å². The normalized spacial score (nSPS) is 18.6. The Kier molecular flexibility index (Phi) is 4.93. The van der Waals surface area contributed by atoms with Crippen LogP contribution in [0.4, 0.5) is 26.3 Å². The van der Waals surface area contributed by atoms with Crippen LogP contribution in [-0.4, -0.2) is 17.8 Å². The summed E-state index contributed by atoms with van der Waals surface area (Å²) in [6.07, 6.45) is 0. The maximum atomic E-state index is 15.6. The average molecular weight is 484 g/mol. The zero-order chi connectivity index (χ0) is 25.5. The predicted molar refractivity (Wildman–Crippen MR) is 128 cm³/mol. The minimum atomic E-state index is -5.60. The summed E-state index contributed by atoms with van der Waals surface area (Å²) in [5.41, 5.74) is -2.12. The highest BCUT2D eigenvalue weighted by atomic mass is 19.3. The van der Waals surface area contributed by atoms with Gasteiger partial charge in [-0.3, -0.25) is 0 Å². The van der Waals surface area contributed by atoms with Crippen LogP contribution >= 0.6 is 0 Å². The van der Waals surface area contributed by atoms with Crippen LogP contribution in [0, 0.1) is 27.7 Å². The Bertz CT molecular complexity index is 1440. The molecular weight excluding hydrogens is 462 g/mol. The van der Waals surface area contributed by atoms with E-state index in [1.165, 1.54) is 27.7 Å². The van der Waals surface area contributed by atoms with Crippen LogP contribution in [0.15, 0.2) is 60.7 Å². The first kappa shape index (κ1) is 23.5. The molecule has 35 heavy (non-hydrogen) atoms. The maximum Gasteiger partial charge on any atom is 0.380 e. The topological polar surface area (TPSA) is 0 Å². The van der Waals surface area contributed by atoms with E-state index in [2.05, 4.69) is 0 Å². The maximum absolute atomic E-state index is 15.6. The zero-order valence-electron chi connectivity index (χ0n) is 19.5. The van der Waals surface area contributed by atoms with Crippen molar-refractivity contribution < 1.29 is 26.3 Å². The van der Waals surface area contributed by atoms with E-state index < -0.39 is 28.9 Å². The van der Waals surface area contributed by atoms with Gasteiger partial charge < -0.3 is 0 Å². The van der Waals surface area contributed by atoms with Crippen LogP contribution in [0.5, 0.6) is 0 Å². The summed E-state index contributed by atoms with van der Waals surface area (Å²) in [5.74, 6) is -15.8. The van der Waals surface area contributed by atoms with Crippen LogP contribution in [0.2, 0.25) is 0 Å². The molecule has 0 fully saturated rings. The van der Waals surface area contributed by atoms with Gasteiger partial charge in [-0.25, -0.2) is 0 Å². The molecule has 0 aromatic heterocycles. The summed E-state index contributed by atoms with van der Waals surface area (Å²) >= 11 is 0. The van der Waals surface area contributed by atoms with Crippen molar-refractivity contribution in [3.8, 4) is 0 Å². The number of rotatable bonds is 2. The van der Waals surface area contributed by atoms with Gasteiger partial charge in [0.25, 0.3) is 0 Å². The second-order valence-corrected chi connectivity index (χ2v) is 9.30. The summed E-state index contributed by atoms with van der Waals surface area (Å²) < 4.78 is 92.2. The molecule has 0 saturated heterocycles. The van der Waals surface area contributed by atoms with E-state index in [4.69, 9.17) is 0 Å². The van der Waals surface area contributed by atoms with Crippen LogP contribution < -0.4 is 0 Å². The molecule has 0 heterocycles. The van der Waals surface area contributed by atoms with E-state index in [1.54, 1.807) is 60.7 Å². The fourth-order valence-corrected chi connectivity index (χ4v) is 5.56.